The minimum Gasteiger partial charge on any atom is -0.354 e. The molecule has 4 nitrogen and oxygen atoms in total. The molecule has 0 atom stereocenters. The molecule has 0 fully saturated rings. The number of aromatic amines is 1. The number of carbonyl (C=O) groups is 2. The number of Topliss-reactive ketones (excluding diaryl/α,β-unsaturated/α-hetero) is 1. The molecule has 1 aromatic carbocycles. The lowest BCUT2D eigenvalue weighted by atomic mass is 9.75. The number of H-pyrrole nitrogens is 1. The summed E-state index contributed by atoms with van der Waals surface area (Å²) >= 11 is 0. The highest BCUT2D eigenvalue weighted by Gasteiger charge is 2.35. The molecule has 3 rings (SSSR count). The predicted molar refractivity (Wildman–Crippen MR) is 100 cm³/mol. The first kappa shape index (κ1) is 17.5. The molecule has 4 heteroatoms. The molecule has 1 heterocycles. The molecule has 1 aromatic heterocycles. The van der Waals surface area contributed by atoms with Crippen molar-refractivity contribution in [1.29, 1.82) is 0 Å². The Labute approximate surface area is 149 Å². The maximum absolute atomic E-state index is 12.7. The second-order valence-corrected chi connectivity index (χ2v) is 7.82. The zero-order valence-corrected chi connectivity index (χ0v) is 15.5. The van der Waals surface area contributed by atoms with Crippen molar-refractivity contribution in [2.75, 3.05) is 5.32 Å². The molecule has 0 spiro atoms. The number of aromatic nitrogens is 1. The van der Waals surface area contributed by atoms with E-state index in [-0.39, 0.29) is 17.1 Å². The fourth-order valence-electron chi connectivity index (χ4n) is 3.70. The van der Waals surface area contributed by atoms with Gasteiger partial charge in [-0.15, -0.1) is 0 Å². The smallest absolute Gasteiger partial charge is 0.272 e. The van der Waals surface area contributed by atoms with Gasteiger partial charge in [0.1, 0.15) is 5.69 Å². The molecular formula is C21H26N2O2. The van der Waals surface area contributed by atoms with E-state index in [1.807, 2.05) is 31.2 Å². The number of aryl methyl sites for hydroxylation is 1. The number of carbonyl (C=O) groups excluding carboxylic acids is 2. The zero-order chi connectivity index (χ0) is 18.2. The molecule has 0 saturated heterocycles. The third kappa shape index (κ3) is 3.53. The van der Waals surface area contributed by atoms with Crippen LogP contribution < -0.4 is 5.32 Å². The van der Waals surface area contributed by atoms with Crippen LogP contribution in [0.4, 0.5) is 5.69 Å². The molecular weight excluding hydrogens is 312 g/mol. The monoisotopic (exact) mass is 338 g/mol. The van der Waals surface area contributed by atoms with Crippen molar-refractivity contribution in [3.05, 3.63) is 52.3 Å². The van der Waals surface area contributed by atoms with Crippen LogP contribution in [0.15, 0.2) is 24.3 Å². The first-order chi connectivity index (χ1) is 11.8. The highest BCUT2D eigenvalue weighted by molar-refractivity contribution is 6.08. The molecule has 132 valence electrons. The van der Waals surface area contributed by atoms with Crippen LogP contribution in [0.3, 0.4) is 0 Å². The number of rotatable bonds is 4. The van der Waals surface area contributed by atoms with Crippen LogP contribution in [0.25, 0.3) is 0 Å². The average Bonchev–Trinajstić information content (AvgIpc) is 2.85. The summed E-state index contributed by atoms with van der Waals surface area (Å²) in [6.45, 7) is 8.17. The Balaban J connectivity index is 1.83. The van der Waals surface area contributed by atoms with Gasteiger partial charge in [-0.05, 0) is 48.4 Å². The summed E-state index contributed by atoms with van der Waals surface area (Å²) in [4.78, 5) is 28.3. The van der Waals surface area contributed by atoms with Gasteiger partial charge in [-0.1, -0.05) is 39.3 Å². The quantitative estimate of drug-likeness (QED) is 0.850. The number of benzene rings is 1. The molecule has 1 amide bonds. The summed E-state index contributed by atoms with van der Waals surface area (Å²) in [5, 5.41) is 2.93. The van der Waals surface area contributed by atoms with Crippen LogP contribution in [0.5, 0.6) is 0 Å². The number of nitrogens with one attached hydrogen (secondary N) is 2. The lowest BCUT2D eigenvalue weighted by molar-refractivity contribution is 0.0910. The highest BCUT2D eigenvalue weighted by Crippen LogP contribution is 2.36. The van der Waals surface area contributed by atoms with E-state index >= 15 is 0 Å². The first-order valence-corrected chi connectivity index (χ1v) is 8.95. The van der Waals surface area contributed by atoms with Gasteiger partial charge < -0.3 is 10.3 Å². The first-order valence-electron chi connectivity index (χ1n) is 8.95. The summed E-state index contributed by atoms with van der Waals surface area (Å²) in [7, 11) is 0. The lowest BCUT2D eigenvalue weighted by Gasteiger charge is -2.28. The summed E-state index contributed by atoms with van der Waals surface area (Å²) in [5.74, 6) is -0.0660. The van der Waals surface area contributed by atoms with Gasteiger partial charge in [0.15, 0.2) is 5.78 Å². The van der Waals surface area contributed by atoms with Gasteiger partial charge in [0, 0.05) is 23.4 Å². The summed E-state index contributed by atoms with van der Waals surface area (Å²) in [6, 6.07) is 7.93. The third-order valence-corrected chi connectivity index (χ3v) is 4.88. The SMILES string of the molecule is CCCc1ccc(NC(=O)c2[nH]c3c(c2C)C(=O)CC(C)(C)C3)cc1. The Morgan fingerprint density at radius 3 is 2.52 bits per heavy atom. The Kier molecular flexibility index (Phi) is 4.55. The molecule has 1 aliphatic rings. The predicted octanol–water partition coefficient (Wildman–Crippen LogP) is 4.68. The van der Waals surface area contributed by atoms with Gasteiger partial charge in [0.05, 0.1) is 0 Å². The standard InChI is InChI=1S/C21H26N2O2/c1-5-6-14-7-9-15(10-8-14)22-20(25)19-13(2)18-16(23-19)11-21(3,4)12-17(18)24/h7-10,23H,5-6,11-12H2,1-4H3,(H,22,25). The molecule has 0 radical (unpaired) electrons. The fraction of sp³-hybridized carbons (Fsp3) is 0.429. The van der Waals surface area contributed by atoms with Crippen molar-refractivity contribution < 1.29 is 9.59 Å². The van der Waals surface area contributed by atoms with Crippen LogP contribution in [0.1, 0.15) is 71.3 Å². The second kappa shape index (κ2) is 6.51. The molecule has 0 bridgehead atoms. The number of amides is 1. The molecule has 0 unspecified atom stereocenters. The van der Waals surface area contributed by atoms with Gasteiger partial charge in [0.25, 0.3) is 5.91 Å². The van der Waals surface area contributed by atoms with Crippen LogP contribution in [-0.4, -0.2) is 16.7 Å². The van der Waals surface area contributed by atoms with Crippen molar-refractivity contribution in [2.24, 2.45) is 5.41 Å². The van der Waals surface area contributed by atoms with Crippen LogP contribution in [0.2, 0.25) is 0 Å². The van der Waals surface area contributed by atoms with Crippen LogP contribution in [0, 0.1) is 12.3 Å². The minimum atomic E-state index is -0.194. The minimum absolute atomic E-state index is 0.0652. The van der Waals surface area contributed by atoms with E-state index in [1.54, 1.807) is 0 Å². The largest absolute Gasteiger partial charge is 0.354 e. The Morgan fingerprint density at radius 2 is 1.88 bits per heavy atom. The lowest BCUT2D eigenvalue weighted by Crippen LogP contribution is -2.26. The zero-order valence-electron chi connectivity index (χ0n) is 15.5. The summed E-state index contributed by atoms with van der Waals surface area (Å²) in [5.41, 5.74) is 4.82. The van der Waals surface area contributed by atoms with E-state index in [0.717, 1.165) is 36.2 Å². The summed E-state index contributed by atoms with van der Waals surface area (Å²) < 4.78 is 0. The normalized spacial score (nSPS) is 15.8. The van der Waals surface area contributed by atoms with Gasteiger partial charge in [0.2, 0.25) is 0 Å². The molecule has 1 aliphatic carbocycles. The topological polar surface area (TPSA) is 62.0 Å². The van der Waals surface area contributed by atoms with E-state index < -0.39 is 0 Å². The van der Waals surface area contributed by atoms with Crippen LogP contribution >= 0.6 is 0 Å². The van der Waals surface area contributed by atoms with E-state index in [4.69, 9.17) is 0 Å². The Bertz CT molecular complexity index is 813. The molecule has 0 aliphatic heterocycles. The second-order valence-electron chi connectivity index (χ2n) is 7.82. The van der Waals surface area contributed by atoms with Crippen molar-refractivity contribution in [1.82, 2.24) is 4.98 Å². The van der Waals surface area contributed by atoms with Crippen molar-refractivity contribution >= 4 is 17.4 Å². The van der Waals surface area contributed by atoms with Crippen LogP contribution in [-0.2, 0) is 12.8 Å². The van der Waals surface area contributed by atoms with Crippen molar-refractivity contribution in [2.45, 2.75) is 53.4 Å². The van der Waals surface area contributed by atoms with E-state index in [0.29, 0.717) is 17.7 Å². The molecule has 0 saturated carbocycles. The number of ketones is 1. The Hall–Kier alpha value is -2.36. The number of anilines is 1. The van der Waals surface area contributed by atoms with Gasteiger partial charge in [-0.3, -0.25) is 9.59 Å². The third-order valence-electron chi connectivity index (χ3n) is 4.88. The molecule has 2 N–H and O–H groups in total. The maximum Gasteiger partial charge on any atom is 0.272 e. The average molecular weight is 338 g/mol. The van der Waals surface area contributed by atoms with Crippen molar-refractivity contribution in [3.63, 3.8) is 0 Å². The molecule has 25 heavy (non-hydrogen) atoms. The maximum atomic E-state index is 12.7. The number of fused-ring (bicyclic) bond motifs is 1. The number of hydrogen-bond acceptors (Lipinski definition) is 2. The highest BCUT2D eigenvalue weighted by atomic mass is 16.2. The van der Waals surface area contributed by atoms with Crippen molar-refractivity contribution in [3.8, 4) is 0 Å². The molecule has 2 aromatic rings. The van der Waals surface area contributed by atoms with E-state index in [2.05, 4.69) is 31.1 Å². The van der Waals surface area contributed by atoms with Gasteiger partial charge in [-0.2, -0.15) is 0 Å². The fourth-order valence-corrected chi connectivity index (χ4v) is 3.70. The Morgan fingerprint density at radius 1 is 1.20 bits per heavy atom. The van der Waals surface area contributed by atoms with E-state index in [1.165, 1.54) is 5.56 Å². The number of hydrogen-bond donors (Lipinski definition) is 2. The van der Waals surface area contributed by atoms with Gasteiger partial charge in [-0.25, -0.2) is 0 Å². The summed E-state index contributed by atoms with van der Waals surface area (Å²) in [6.07, 6.45) is 3.45. The van der Waals surface area contributed by atoms with Gasteiger partial charge >= 0.3 is 0 Å². The van der Waals surface area contributed by atoms with E-state index in [9.17, 15) is 9.59 Å².